The van der Waals surface area contributed by atoms with Gasteiger partial charge in [0.25, 0.3) is 0 Å². The molecule has 1 saturated carbocycles. The van der Waals surface area contributed by atoms with Crippen LogP contribution in [-0.4, -0.2) is 6.54 Å². The summed E-state index contributed by atoms with van der Waals surface area (Å²) in [6.45, 7) is 10.3. The molecule has 1 fully saturated rings. The monoisotopic (exact) mass is 273 g/mol. The molecular weight excluding hydrogens is 242 g/mol. The summed E-state index contributed by atoms with van der Waals surface area (Å²) in [7, 11) is 0. The van der Waals surface area contributed by atoms with E-state index in [2.05, 4.69) is 57.3 Å². The minimum atomic E-state index is 0.550. The first kappa shape index (κ1) is 15.6. The number of nitrogens with one attached hydrogen (secondary N) is 1. The van der Waals surface area contributed by atoms with Crippen molar-refractivity contribution in [2.45, 2.75) is 65.3 Å². The summed E-state index contributed by atoms with van der Waals surface area (Å²) in [6, 6.07) is 9.90. The average molecular weight is 273 g/mol. The maximum Gasteiger partial charge on any atom is 0.0351 e. The highest BCUT2D eigenvalue weighted by Crippen LogP contribution is 2.40. The lowest BCUT2D eigenvalue weighted by molar-refractivity contribution is 0.302. The normalized spacial score (nSPS) is 24.2. The zero-order valence-electron chi connectivity index (χ0n) is 13.7. The molecule has 1 nitrogen and oxygen atoms in total. The van der Waals surface area contributed by atoms with E-state index in [4.69, 9.17) is 0 Å². The molecule has 0 bridgehead atoms. The molecule has 1 heteroatoms. The van der Waals surface area contributed by atoms with Crippen LogP contribution in [0.4, 0.5) is 0 Å². The summed E-state index contributed by atoms with van der Waals surface area (Å²) >= 11 is 0. The van der Waals surface area contributed by atoms with E-state index in [1.807, 2.05) is 0 Å². The molecule has 1 aromatic carbocycles. The van der Waals surface area contributed by atoms with Gasteiger partial charge in [-0.15, -0.1) is 0 Å². The van der Waals surface area contributed by atoms with E-state index in [1.165, 1.54) is 36.8 Å². The Kier molecular flexibility index (Phi) is 5.65. The molecule has 0 heterocycles. The van der Waals surface area contributed by atoms with Crippen molar-refractivity contribution in [3.8, 4) is 0 Å². The van der Waals surface area contributed by atoms with Crippen molar-refractivity contribution >= 4 is 0 Å². The fourth-order valence-electron chi connectivity index (χ4n) is 3.57. The van der Waals surface area contributed by atoms with Crippen molar-refractivity contribution in [2.75, 3.05) is 6.54 Å². The van der Waals surface area contributed by atoms with Gasteiger partial charge < -0.3 is 5.32 Å². The Morgan fingerprint density at radius 1 is 1.10 bits per heavy atom. The third-order valence-electron chi connectivity index (χ3n) is 4.93. The Labute approximate surface area is 125 Å². The van der Waals surface area contributed by atoms with Crippen molar-refractivity contribution in [1.29, 1.82) is 0 Å². The molecule has 0 radical (unpaired) electrons. The molecule has 112 valence electrons. The lowest BCUT2D eigenvalue weighted by Crippen LogP contribution is -2.30. The predicted molar refractivity (Wildman–Crippen MR) is 88.1 cm³/mol. The van der Waals surface area contributed by atoms with E-state index < -0.39 is 0 Å². The summed E-state index contributed by atoms with van der Waals surface area (Å²) in [5.74, 6) is 2.29. The van der Waals surface area contributed by atoms with Crippen LogP contribution in [-0.2, 0) is 0 Å². The molecule has 0 aromatic heterocycles. The quantitative estimate of drug-likeness (QED) is 0.743. The minimum absolute atomic E-state index is 0.550. The second kappa shape index (κ2) is 7.26. The molecule has 0 saturated heterocycles. The SMILES string of the molecule is CCCNC(c1ccc(C(C)C)cc1)C1CCCC1C. The van der Waals surface area contributed by atoms with Crippen LogP contribution in [0.5, 0.6) is 0 Å². The highest BCUT2D eigenvalue weighted by molar-refractivity contribution is 5.27. The van der Waals surface area contributed by atoms with Gasteiger partial charge >= 0.3 is 0 Å². The Morgan fingerprint density at radius 3 is 2.25 bits per heavy atom. The van der Waals surface area contributed by atoms with Gasteiger partial charge in [-0.25, -0.2) is 0 Å². The van der Waals surface area contributed by atoms with Gasteiger partial charge in [0.15, 0.2) is 0 Å². The summed E-state index contributed by atoms with van der Waals surface area (Å²) in [4.78, 5) is 0. The van der Waals surface area contributed by atoms with Crippen LogP contribution in [0.15, 0.2) is 24.3 Å². The highest BCUT2D eigenvalue weighted by atomic mass is 14.9. The zero-order valence-corrected chi connectivity index (χ0v) is 13.7. The standard InChI is InChI=1S/C19H31N/c1-5-13-20-19(18-8-6-7-15(18)4)17-11-9-16(10-12-17)14(2)3/h9-12,14-15,18-20H,5-8,13H2,1-4H3. The molecule has 2 rings (SSSR count). The lowest BCUT2D eigenvalue weighted by Gasteiger charge is -2.29. The smallest absolute Gasteiger partial charge is 0.0351 e. The zero-order chi connectivity index (χ0) is 14.5. The Morgan fingerprint density at radius 2 is 1.75 bits per heavy atom. The van der Waals surface area contributed by atoms with Gasteiger partial charge in [0, 0.05) is 6.04 Å². The molecule has 1 aliphatic rings. The molecule has 1 aliphatic carbocycles. The topological polar surface area (TPSA) is 12.0 Å². The molecule has 20 heavy (non-hydrogen) atoms. The second-order valence-electron chi connectivity index (χ2n) is 6.83. The van der Waals surface area contributed by atoms with Gasteiger partial charge in [-0.05, 0) is 48.3 Å². The molecule has 3 atom stereocenters. The first-order chi connectivity index (χ1) is 9.63. The maximum absolute atomic E-state index is 3.81. The fourth-order valence-corrected chi connectivity index (χ4v) is 3.57. The number of hydrogen-bond donors (Lipinski definition) is 1. The van der Waals surface area contributed by atoms with E-state index in [9.17, 15) is 0 Å². The largest absolute Gasteiger partial charge is 0.310 e. The number of rotatable bonds is 6. The van der Waals surface area contributed by atoms with Crippen LogP contribution >= 0.6 is 0 Å². The summed E-state index contributed by atoms with van der Waals surface area (Å²) in [6.07, 6.45) is 5.40. The van der Waals surface area contributed by atoms with E-state index in [-0.39, 0.29) is 0 Å². The van der Waals surface area contributed by atoms with Gasteiger partial charge in [-0.1, -0.05) is 64.8 Å². The van der Waals surface area contributed by atoms with Crippen LogP contribution in [0.3, 0.4) is 0 Å². The lowest BCUT2D eigenvalue weighted by atomic mass is 9.85. The highest BCUT2D eigenvalue weighted by Gasteiger charge is 2.31. The van der Waals surface area contributed by atoms with Gasteiger partial charge in [0.2, 0.25) is 0 Å². The van der Waals surface area contributed by atoms with E-state index in [0.29, 0.717) is 12.0 Å². The Bertz CT molecular complexity index is 393. The van der Waals surface area contributed by atoms with Gasteiger partial charge in [0.05, 0.1) is 0 Å². The van der Waals surface area contributed by atoms with Crippen molar-refractivity contribution in [2.24, 2.45) is 11.8 Å². The molecule has 3 unspecified atom stereocenters. The second-order valence-corrected chi connectivity index (χ2v) is 6.83. The van der Waals surface area contributed by atoms with Crippen molar-refractivity contribution in [3.63, 3.8) is 0 Å². The molecule has 1 aromatic rings. The van der Waals surface area contributed by atoms with E-state index >= 15 is 0 Å². The first-order valence-electron chi connectivity index (χ1n) is 8.46. The van der Waals surface area contributed by atoms with Gasteiger partial charge in [-0.3, -0.25) is 0 Å². The van der Waals surface area contributed by atoms with Crippen LogP contribution in [0, 0.1) is 11.8 Å². The fraction of sp³-hybridized carbons (Fsp3) is 0.684. The molecule has 0 amide bonds. The third kappa shape index (κ3) is 3.63. The summed E-state index contributed by atoms with van der Waals surface area (Å²) in [5.41, 5.74) is 2.93. The van der Waals surface area contributed by atoms with Crippen molar-refractivity contribution < 1.29 is 0 Å². The number of hydrogen-bond acceptors (Lipinski definition) is 1. The van der Waals surface area contributed by atoms with E-state index in [0.717, 1.165) is 18.4 Å². The minimum Gasteiger partial charge on any atom is -0.310 e. The molecular formula is C19H31N. The summed E-state index contributed by atoms with van der Waals surface area (Å²) in [5, 5.41) is 3.81. The third-order valence-corrected chi connectivity index (χ3v) is 4.93. The molecule has 0 spiro atoms. The molecule has 0 aliphatic heterocycles. The molecule has 1 N–H and O–H groups in total. The Hall–Kier alpha value is -0.820. The van der Waals surface area contributed by atoms with Gasteiger partial charge in [-0.2, -0.15) is 0 Å². The van der Waals surface area contributed by atoms with Crippen molar-refractivity contribution in [3.05, 3.63) is 35.4 Å². The van der Waals surface area contributed by atoms with Crippen LogP contribution in [0.25, 0.3) is 0 Å². The average Bonchev–Trinajstić information content (AvgIpc) is 2.86. The maximum atomic E-state index is 3.81. The van der Waals surface area contributed by atoms with Crippen LogP contribution in [0.1, 0.15) is 76.5 Å². The predicted octanol–water partition coefficient (Wildman–Crippen LogP) is 5.29. The van der Waals surface area contributed by atoms with E-state index in [1.54, 1.807) is 0 Å². The summed E-state index contributed by atoms with van der Waals surface area (Å²) < 4.78 is 0. The van der Waals surface area contributed by atoms with Crippen LogP contribution < -0.4 is 5.32 Å². The Balaban J connectivity index is 2.16. The van der Waals surface area contributed by atoms with Gasteiger partial charge in [0.1, 0.15) is 0 Å². The van der Waals surface area contributed by atoms with Crippen LogP contribution in [0.2, 0.25) is 0 Å². The first-order valence-corrected chi connectivity index (χ1v) is 8.46. The number of benzene rings is 1. The van der Waals surface area contributed by atoms with Crippen molar-refractivity contribution in [1.82, 2.24) is 5.32 Å².